The first-order valence-corrected chi connectivity index (χ1v) is 11.7. The quantitative estimate of drug-likeness (QED) is 0.489. The Labute approximate surface area is 199 Å². The third-order valence-electron chi connectivity index (χ3n) is 5.77. The molecular formula is C21H24FN9O2S. The Morgan fingerprint density at radius 3 is 2.79 bits per heavy atom. The van der Waals surface area contributed by atoms with Crippen molar-refractivity contribution in [2.45, 2.75) is 24.7 Å². The summed E-state index contributed by atoms with van der Waals surface area (Å²) in [5.41, 5.74) is 1.55. The Morgan fingerprint density at radius 1 is 1.18 bits per heavy atom. The van der Waals surface area contributed by atoms with Crippen molar-refractivity contribution < 1.29 is 13.9 Å². The van der Waals surface area contributed by atoms with Crippen molar-refractivity contribution in [1.29, 1.82) is 0 Å². The summed E-state index contributed by atoms with van der Waals surface area (Å²) in [6.45, 7) is 2.25. The molecule has 0 unspecified atom stereocenters. The number of ether oxygens (including phenoxy) is 1. The molecule has 2 aliphatic rings. The molecule has 4 heterocycles. The number of nitrogens with zero attached hydrogens (tertiary/aromatic N) is 7. The van der Waals surface area contributed by atoms with E-state index in [1.807, 2.05) is 29.2 Å². The van der Waals surface area contributed by atoms with Gasteiger partial charge >= 0.3 is 0 Å². The minimum absolute atomic E-state index is 0.153. The zero-order valence-corrected chi connectivity index (χ0v) is 19.3. The molecule has 11 nitrogen and oxygen atoms in total. The highest BCUT2D eigenvalue weighted by atomic mass is 32.1. The van der Waals surface area contributed by atoms with Crippen LogP contribution in [0.1, 0.15) is 18.1 Å². The standard InChI is InChI=1S/C21H24FN9O2S/c1-33-17(13-3-2-4-16(9-13)31-10-14(22)11-31)18(32)26-21-29-28-20(34-21)25-15-5-8-30(12-15)19-23-6-7-24-27-19/h2-4,6-7,9,14-15,17H,5,8,10-12H2,1H3,(H,25,28)(H,26,29,32)/t15-,17-/m1/s1. The van der Waals surface area contributed by atoms with E-state index >= 15 is 0 Å². The van der Waals surface area contributed by atoms with Crippen LogP contribution in [0.15, 0.2) is 36.7 Å². The predicted molar refractivity (Wildman–Crippen MR) is 126 cm³/mol. The van der Waals surface area contributed by atoms with E-state index in [4.69, 9.17) is 4.74 Å². The summed E-state index contributed by atoms with van der Waals surface area (Å²) >= 11 is 1.26. The Kier molecular flexibility index (Phi) is 6.45. The number of carbonyl (C=O) groups is 1. The summed E-state index contributed by atoms with van der Waals surface area (Å²) in [5.74, 6) is 0.250. The summed E-state index contributed by atoms with van der Waals surface area (Å²) in [6.07, 6.45) is 2.43. The molecule has 34 heavy (non-hydrogen) atoms. The maximum atomic E-state index is 13.2. The molecule has 0 radical (unpaired) electrons. The molecule has 2 N–H and O–H groups in total. The van der Waals surface area contributed by atoms with Crippen LogP contribution in [0.25, 0.3) is 0 Å². The number of methoxy groups -OCH3 is 1. The maximum absolute atomic E-state index is 13.2. The molecule has 5 rings (SSSR count). The van der Waals surface area contributed by atoms with Gasteiger partial charge in [0.1, 0.15) is 6.17 Å². The lowest BCUT2D eigenvalue weighted by Crippen LogP contribution is -2.48. The predicted octanol–water partition coefficient (Wildman–Crippen LogP) is 1.90. The van der Waals surface area contributed by atoms with Crippen LogP contribution >= 0.6 is 11.3 Å². The van der Waals surface area contributed by atoms with Crippen LogP contribution in [-0.4, -0.2) is 76.8 Å². The van der Waals surface area contributed by atoms with Gasteiger partial charge in [0.2, 0.25) is 16.2 Å². The molecule has 2 aromatic heterocycles. The smallest absolute Gasteiger partial charge is 0.259 e. The van der Waals surface area contributed by atoms with Gasteiger partial charge in [0.15, 0.2) is 6.10 Å². The molecule has 0 bridgehead atoms. The van der Waals surface area contributed by atoms with Crippen molar-refractivity contribution in [1.82, 2.24) is 25.4 Å². The number of hydrogen-bond donors (Lipinski definition) is 2. The molecule has 2 fully saturated rings. The van der Waals surface area contributed by atoms with Gasteiger partial charge < -0.3 is 19.9 Å². The van der Waals surface area contributed by atoms with E-state index in [1.54, 1.807) is 12.4 Å². The first kappa shape index (κ1) is 22.3. The van der Waals surface area contributed by atoms with Crippen LogP contribution in [0.4, 0.5) is 26.3 Å². The van der Waals surface area contributed by atoms with Gasteiger partial charge in [0.05, 0.1) is 25.5 Å². The topological polar surface area (TPSA) is 121 Å². The monoisotopic (exact) mass is 485 g/mol. The number of nitrogens with one attached hydrogen (secondary N) is 2. The van der Waals surface area contributed by atoms with Gasteiger partial charge in [-0.1, -0.05) is 23.5 Å². The molecule has 0 spiro atoms. The van der Waals surface area contributed by atoms with Crippen molar-refractivity contribution >= 4 is 39.1 Å². The molecular weight excluding hydrogens is 461 g/mol. The number of amides is 1. The van der Waals surface area contributed by atoms with Crippen LogP contribution in [0.5, 0.6) is 0 Å². The summed E-state index contributed by atoms with van der Waals surface area (Å²) in [4.78, 5) is 21.1. The summed E-state index contributed by atoms with van der Waals surface area (Å²) in [6, 6.07) is 7.55. The van der Waals surface area contributed by atoms with Crippen molar-refractivity contribution in [3.8, 4) is 0 Å². The molecule has 2 atom stereocenters. The largest absolute Gasteiger partial charge is 0.367 e. The lowest BCUT2D eigenvalue weighted by molar-refractivity contribution is -0.126. The highest BCUT2D eigenvalue weighted by Gasteiger charge is 2.29. The Bertz CT molecular complexity index is 1130. The van der Waals surface area contributed by atoms with Crippen molar-refractivity contribution in [2.24, 2.45) is 0 Å². The lowest BCUT2D eigenvalue weighted by atomic mass is 10.1. The van der Waals surface area contributed by atoms with Gasteiger partial charge in [-0.3, -0.25) is 10.1 Å². The molecule has 1 aromatic carbocycles. The fourth-order valence-corrected chi connectivity index (χ4v) is 4.76. The first-order valence-electron chi connectivity index (χ1n) is 10.9. The van der Waals surface area contributed by atoms with E-state index in [-0.39, 0.29) is 11.9 Å². The van der Waals surface area contributed by atoms with E-state index in [0.717, 1.165) is 25.2 Å². The molecule has 2 aliphatic heterocycles. The SMILES string of the molecule is CO[C@@H](C(=O)Nc1nnc(N[C@@H]2CCN(c3nccnn3)C2)s1)c1cccc(N2CC(F)C2)c1. The fraction of sp³-hybridized carbons (Fsp3) is 0.429. The Balaban J connectivity index is 1.18. The number of halogens is 1. The fourth-order valence-electron chi connectivity index (χ4n) is 4.04. The normalized spacial score (nSPS) is 19.1. The van der Waals surface area contributed by atoms with Crippen LogP contribution in [0, 0.1) is 0 Å². The van der Waals surface area contributed by atoms with Crippen molar-refractivity contribution in [3.63, 3.8) is 0 Å². The van der Waals surface area contributed by atoms with Gasteiger partial charge in [-0.15, -0.1) is 15.3 Å². The summed E-state index contributed by atoms with van der Waals surface area (Å²) in [7, 11) is 1.48. The molecule has 178 valence electrons. The van der Waals surface area contributed by atoms with E-state index in [9.17, 15) is 9.18 Å². The van der Waals surface area contributed by atoms with E-state index < -0.39 is 12.3 Å². The number of aromatic nitrogens is 5. The zero-order valence-electron chi connectivity index (χ0n) is 18.5. The third-order valence-corrected chi connectivity index (χ3v) is 6.54. The second-order valence-corrected chi connectivity index (χ2v) is 9.11. The van der Waals surface area contributed by atoms with E-state index in [1.165, 1.54) is 18.4 Å². The second-order valence-electron chi connectivity index (χ2n) is 8.13. The lowest BCUT2D eigenvalue weighted by Gasteiger charge is -2.36. The van der Waals surface area contributed by atoms with Crippen molar-refractivity contribution in [2.75, 3.05) is 53.7 Å². The number of hydrogen-bond acceptors (Lipinski definition) is 11. The molecule has 3 aromatic rings. The van der Waals surface area contributed by atoms with Crippen LogP contribution in [0.3, 0.4) is 0 Å². The van der Waals surface area contributed by atoms with E-state index in [2.05, 4.69) is 40.9 Å². The summed E-state index contributed by atoms with van der Waals surface area (Å²) in [5, 5.41) is 23.3. The van der Waals surface area contributed by atoms with Gasteiger partial charge in [0, 0.05) is 31.9 Å². The average Bonchev–Trinajstić information content (AvgIpc) is 3.48. The Morgan fingerprint density at radius 2 is 2.03 bits per heavy atom. The van der Waals surface area contributed by atoms with Crippen LogP contribution < -0.4 is 20.4 Å². The third kappa shape index (κ3) is 4.89. The zero-order chi connectivity index (χ0) is 23.5. The van der Waals surface area contributed by atoms with Gasteiger partial charge in [0.25, 0.3) is 5.91 Å². The van der Waals surface area contributed by atoms with Gasteiger partial charge in [-0.25, -0.2) is 9.37 Å². The molecule has 0 saturated carbocycles. The minimum atomic E-state index is -0.828. The first-order chi connectivity index (χ1) is 16.6. The minimum Gasteiger partial charge on any atom is -0.367 e. The highest BCUT2D eigenvalue weighted by Crippen LogP contribution is 2.29. The highest BCUT2D eigenvalue weighted by molar-refractivity contribution is 7.19. The number of anilines is 4. The molecule has 2 saturated heterocycles. The van der Waals surface area contributed by atoms with Crippen LogP contribution in [0.2, 0.25) is 0 Å². The molecule has 13 heteroatoms. The van der Waals surface area contributed by atoms with Crippen molar-refractivity contribution in [3.05, 3.63) is 42.2 Å². The van der Waals surface area contributed by atoms with Gasteiger partial charge in [-0.05, 0) is 24.1 Å². The maximum Gasteiger partial charge on any atom is 0.259 e. The number of rotatable bonds is 8. The number of carbonyl (C=O) groups excluding carboxylic acids is 1. The Hall–Kier alpha value is -3.45. The van der Waals surface area contributed by atoms with Crippen LogP contribution in [-0.2, 0) is 9.53 Å². The van der Waals surface area contributed by atoms with Gasteiger partial charge in [-0.2, -0.15) is 5.10 Å². The molecule has 1 amide bonds. The van der Waals surface area contributed by atoms with E-state index in [0.29, 0.717) is 34.9 Å². The second kappa shape index (κ2) is 9.81. The number of benzene rings is 1. The summed E-state index contributed by atoms with van der Waals surface area (Å²) < 4.78 is 18.7. The number of alkyl halides is 1. The average molecular weight is 486 g/mol. The molecule has 0 aliphatic carbocycles.